The highest BCUT2D eigenvalue weighted by atomic mass is 16.8. The molecule has 0 aromatic carbocycles. The number of nitrogens with one attached hydrogen (secondary N) is 2. The Bertz CT molecular complexity index is 646. The molecule has 11 heteroatoms. The normalized spacial score (nSPS) is 28.4. The number of amides is 2. The first-order chi connectivity index (χ1) is 13.8. The fourth-order valence-corrected chi connectivity index (χ4v) is 3.32. The lowest BCUT2D eigenvalue weighted by atomic mass is 10.00. The Hall–Kier alpha value is -1.95. The molecular formula is C19H32N2O9. The van der Waals surface area contributed by atoms with Crippen molar-refractivity contribution in [3.63, 3.8) is 0 Å². The summed E-state index contributed by atoms with van der Waals surface area (Å²) in [5.74, 6) is -1.92. The maximum Gasteiger partial charge on any atom is 0.407 e. The van der Waals surface area contributed by atoms with Crippen molar-refractivity contribution in [2.24, 2.45) is 0 Å². The van der Waals surface area contributed by atoms with Crippen LogP contribution in [0.4, 0.5) is 4.79 Å². The molecule has 0 aromatic heterocycles. The summed E-state index contributed by atoms with van der Waals surface area (Å²) in [7, 11) is 2.71. The van der Waals surface area contributed by atoms with Crippen LogP contribution in [0, 0.1) is 0 Å². The highest BCUT2D eigenvalue weighted by Crippen LogP contribution is 2.39. The van der Waals surface area contributed by atoms with Crippen molar-refractivity contribution < 1.29 is 42.8 Å². The summed E-state index contributed by atoms with van der Waals surface area (Å²) in [6, 6.07) is -0.830. The number of alkyl carbamates (subject to hydrolysis) is 1. The van der Waals surface area contributed by atoms with Crippen molar-refractivity contribution in [1.29, 1.82) is 0 Å². The highest BCUT2D eigenvalue weighted by Gasteiger charge is 2.57. The quantitative estimate of drug-likeness (QED) is 0.551. The Morgan fingerprint density at radius 3 is 2.37 bits per heavy atom. The minimum atomic E-state index is -0.844. The summed E-state index contributed by atoms with van der Waals surface area (Å²) in [5.41, 5.74) is -0.730. The minimum absolute atomic E-state index is 0.191. The van der Waals surface area contributed by atoms with Crippen LogP contribution in [-0.2, 0) is 38.0 Å². The van der Waals surface area contributed by atoms with Gasteiger partial charge in [-0.3, -0.25) is 9.59 Å². The third-order valence-corrected chi connectivity index (χ3v) is 4.46. The maximum atomic E-state index is 12.4. The van der Waals surface area contributed by atoms with E-state index in [0.717, 1.165) is 0 Å². The van der Waals surface area contributed by atoms with Gasteiger partial charge in [-0.15, -0.1) is 0 Å². The van der Waals surface area contributed by atoms with E-state index in [1.807, 2.05) is 0 Å². The number of esters is 1. The van der Waals surface area contributed by atoms with Gasteiger partial charge in [-0.1, -0.05) is 0 Å². The van der Waals surface area contributed by atoms with Crippen LogP contribution < -0.4 is 10.6 Å². The van der Waals surface area contributed by atoms with E-state index >= 15 is 0 Å². The number of hydrogen-bond acceptors (Lipinski definition) is 9. The second-order valence-corrected chi connectivity index (χ2v) is 8.58. The zero-order valence-electron chi connectivity index (χ0n) is 18.5. The van der Waals surface area contributed by atoms with E-state index < -0.39 is 60.0 Å². The second-order valence-electron chi connectivity index (χ2n) is 8.58. The molecule has 2 aliphatic rings. The zero-order chi connectivity index (χ0) is 22.7. The summed E-state index contributed by atoms with van der Waals surface area (Å²) < 4.78 is 32.9. The molecule has 0 spiro atoms. The number of ether oxygens (including phenoxy) is 6. The fourth-order valence-electron chi connectivity index (χ4n) is 3.32. The van der Waals surface area contributed by atoms with Gasteiger partial charge in [0, 0.05) is 13.5 Å². The average Bonchev–Trinajstić information content (AvgIpc) is 3.08. The molecule has 0 bridgehead atoms. The lowest BCUT2D eigenvalue weighted by Gasteiger charge is -2.31. The molecule has 11 nitrogen and oxygen atoms in total. The molecule has 5 atom stereocenters. The van der Waals surface area contributed by atoms with Gasteiger partial charge in [0.1, 0.15) is 30.5 Å². The molecule has 0 unspecified atom stereocenters. The predicted molar refractivity (Wildman–Crippen MR) is 102 cm³/mol. The Morgan fingerprint density at radius 1 is 1.13 bits per heavy atom. The van der Waals surface area contributed by atoms with Gasteiger partial charge in [0.2, 0.25) is 5.91 Å². The van der Waals surface area contributed by atoms with Crippen LogP contribution in [0.5, 0.6) is 0 Å². The first-order valence-corrected chi connectivity index (χ1v) is 9.72. The molecule has 2 fully saturated rings. The molecule has 2 aliphatic heterocycles. The fraction of sp³-hybridized carbons (Fsp3) is 0.842. The first kappa shape index (κ1) is 24.3. The molecule has 2 amide bonds. The third-order valence-electron chi connectivity index (χ3n) is 4.46. The Balaban J connectivity index is 2.13. The topological polar surface area (TPSA) is 131 Å². The summed E-state index contributed by atoms with van der Waals surface area (Å²) >= 11 is 0. The average molecular weight is 432 g/mol. The number of carbonyl (C=O) groups is 3. The van der Waals surface area contributed by atoms with Crippen LogP contribution >= 0.6 is 0 Å². The van der Waals surface area contributed by atoms with Gasteiger partial charge >= 0.3 is 12.1 Å². The van der Waals surface area contributed by atoms with E-state index in [4.69, 9.17) is 23.7 Å². The summed E-state index contributed by atoms with van der Waals surface area (Å²) in [6.45, 7) is 8.40. The molecule has 2 N–H and O–H groups in total. The zero-order valence-corrected chi connectivity index (χ0v) is 18.5. The van der Waals surface area contributed by atoms with Gasteiger partial charge in [0.25, 0.3) is 0 Å². The molecule has 2 rings (SSSR count). The number of fused-ring (bicyclic) bond motifs is 1. The summed E-state index contributed by atoms with van der Waals surface area (Å²) in [5, 5.41) is 5.11. The second kappa shape index (κ2) is 9.46. The van der Waals surface area contributed by atoms with Gasteiger partial charge in [-0.05, 0) is 34.6 Å². The third kappa shape index (κ3) is 6.53. The van der Waals surface area contributed by atoms with Crippen molar-refractivity contribution in [3.8, 4) is 0 Å². The van der Waals surface area contributed by atoms with E-state index in [-0.39, 0.29) is 13.0 Å². The first-order valence-electron chi connectivity index (χ1n) is 9.72. The van der Waals surface area contributed by atoms with Crippen molar-refractivity contribution >= 4 is 18.0 Å². The number of hydrogen-bond donors (Lipinski definition) is 2. The molecule has 2 saturated heterocycles. The lowest BCUT2D eigenvalue weighted by molar-refractivity contribution is -0.219. The molecule has 0 saturated carbocycles. The number of carbonyl (C=O) groups excluding carboxylic acids is 3. The largest absolute Gasteiger partial charge is 0.468 e. The number of methoxy groups -OCH3 is 2. The van der Waals surface area contributed by atoms with E-state index in [1.165, 1.54) is 14.2 Å². The van der Waals surface area contributed by atoms with Crippen molar-refractivity contribution in [2.75, 3.05) is 20.8 Å². The van der Waals surface area contributed by atoms with Crippen LogP contribution in [0.25, 0.3) is 0 Å². The molecule has 0 radical (unpaired) electrons. The van der Waals surface area contributed by atoms with E-state index in [0.29, 0.717) is 0 Å². The summed E-state index contributed by atoms with van der Waals surface area (Å²) in [6.07, 6.45) is -3.51. The van der Waals surface area contributed by atoms with E-state index in [1.54, 1.807) is 34.6 Å². The monoisotopic (exact) mass is 432 g/mol. The van der Waals surface area contributed by atoms with Gasteiger partial charge in [0.15, 0.2) is 12.1 Å². The molecule has 0 aromatic rings. The molecule has 2 heterocycles. The minimum Gasteiger partial charge on any atom is -0.468 e. The van der Waals surface area contributed by atoms with Gasteiger partial charge in [-0.25, -0.2) is 4.79 Å². The maximum absolute atomic E-state index is 12.4. The smallest absolute Gasteiger partial charge is 0.407 e. The van der Waals surface area contributed by atoms with Crippen LogP contribution in [0.3, 0.4) is 0 Å². The molecule has 30 heavy (non-hydrogen) atoms. The highest BCUT2D eigenvalue weighted by molar-refractivity contribution is 5.82. The Labute approximate surface area is 176 Å². The van der Waals surface area contributed by atoms with Crippen LogP contribution in [0.1, 0.15) is 41.0 Å². The van der Waals surface area contributed by atoms with Crippen molar-refractivity contribution in [3.05, 3.63) is 0 Å². The lowest BCUT2D eigenvalue weighted by Crippen LogP contribution is -2.53. The van der Waals surface area contributed by atoms with Crippen LogP contribution in [0.2, 0.25) is 0 Å². The standard InChI is InChI=1S/C19H32N2O9/c1-18(2,3)30-17(24)21-10(8-11(22)20-9-12(23)25-6)13-14(26-7)15-16(27-13)29-19(4,5)28-15/h10,13-16H,8-9H2,1-7H3,(H,20,22)(H,21,24)/t10-,13+,14-,15+,16+/m0/s1. The van der Waals surface area contributed by atoms with Crippen LogP contribution in [0.15, 0.2) is 0 Å². The van der Waals surface area contributed by atoms with Crippen molar-refractivity contribution in [1.82, 2.24) is 10.6 Å². The van der Waals surface area contributed by atoms with Crippen LogP contribution in [-0.4, -0.2) is 80.8 Å². The molecule has 0 aliphatic carbocycles. The van der Waals surface area contributed by atoms with Gasteiger partial charge in [-0.2, -0.15) is 0 Å². The molecular weight excluding hydrogens is 400 g/mol. The van der Waals surface area contributed by atoms with Crippen molar-refractivity contribution in [2.45, 2.75) is 83.1 Å². The number of rotatable bonds is 7. The summed E-state index contributed by atoms with van der Waals surface area (Å²) in [4.78, 5) is 36.0. The SMILES string of the molecule is COC(=O)CNC(=O)C[C@H](NC(=O)OC(C)(C)C)[C@H]1O[C@@H]2OC(C)(C)O[C@@H]2[C@H]1OC. The van der Waals surface area contributed by atoms with Gasteiger partial charge in [0.05, 0.1) is 13.2 Å². The van der Waals surface area contributed by atoms with E-state index in [9.17, 15) is 14.4 Å². The van der Waals surface area contributed by atoms with Gasteiger partial charge < -0.3 is 39.1 Å². The Morgan fingerprint density at radius 2 is 1.80 bits per heavy atom. The Kier molecular flexibility index (Phi) is 7.67. The van der Waals surface area contributed by atoms with E-state index in [2.05, 4.69) is 15.4 Å². The predicted octanol–water partition coefficient (Wildman–Crippen LogP) is 0.450. The molecule has 172 valence electrons.